The van der Waals surface area contributed by atoms with Crippen LogP contribution < -0.4 is 5.32 Å². The molecule has 1 aliphatic rings. The van der Waals surface area contributed by atoms with Gasteiger partial charge in [0.1, 0.15) is 0 Å². The normalized spacial score (nSPS) is 34.1. The van der Waals surface area contributed by atoms with E-state index in [0.717, 1.165) is 18.5 Å². The van der Waals surface area contributed by atoms with E-state index in [9.17, 15) is 0 Å². The largest absolute Gasteiger partial charge is 0.311 e. The molecular formula is C12H26N2. The Hall–Kier alpha value is -0.0800. The fourth-order valence-corrected chi connectivity index (χ4v) is 2.29. The fourth-order valence-electron chi connectivity index (χ4n) is 2.29. The van der Waals surface area contributed by atoms with Gasteiger partial charge in [-0.3, -0.25) is 4.90 Å². The third-order valence-corrected chi connectivity index (χ3v) is 3.80. The SMILES string of the molecule is CCC(C)C(C)N1CC(C)NCC1C. The molecule has 0 aliphatic carbocycles. The zero-order valence-corrected chi connectivity index (χ0v) is 10.4. The average Bonchev–Trinajstić information content (AvgIpc) is 2.19. The molecule has 84 valence electrons. The first-order valence-corrected chi connectivity index (χ1v) is 6.05. The summed E-state index contributed by atoms with van der Waals surface area (Å²) in [5.41, 5.74) is 0. The van der Waals surface area contributed by atoms with E-state index in [1.807, 2.05) is 0 Å². The van der Waals surface area contributed by atoms with Gasteiger partial charge in [-0.05, 0) is 26.7 Å². The van der Waals surface area contributed by atoms with E-state index in [2.05, 4.69) is 44.8 Å². The Labute approximate surface area is 89.1 Å². The summed E-state index contributed by atoms with van der Waals surface area (Å²) in [4.78, 5) is 2.66. The zero-order chi connectivity index (χ0) is 10.7. The minimum atomic E-state index is 0.651. The van der Waals surface area contributed by atoms with Crippen LogP contribution in [0, 0.1) is 5.92 Å². The first-order chi connectivity index (χ1) is 6.56. The molecule has 1 aliphatic heterocycles. The standard InChI is InChI=1S/C12H26N2/c1-6-9(2)12(5)14-8-10(3)13-7-11(14)4/h9-13H,6-8H2,1-5H3. The van der Waals surface area contributed by atoms with Crippen LogP contribution in [-0.2, 0) is 0 Å². The predicted molar refractivity (Wildman–Crippen MR) is 62.5 cm³/mol. The van der Waals surface area contributed by atoms with Crippen molar-refractivity contribution < 1.29 is 0 Å². The predicted octanol–water partition coefficient (Wildman–Crippen LogP) is 2.10. The molecule has 0 radical (unpaired) electrons. The summed E-state index contributed by atoms with van der Waals surface area (Å²) in [6, 6.07) is 2.06. The lowest BCUT2D eigenvalue weighted by molar-refractivity contribution is 0.0747. The molecule has 0 bridgehead atoms. The zero-order valence-electron chi connectivity index (χ0n) is 10.4. The Balaban J connectivity index is 2.55. The molecule has 4 atom stereocenters. The molecule has 1 fully saturated rings. The number of rotatable bonds is 3. The second kappa shape index (κ2) is 5.13. The number of hydrogen-bond acceptors (Lipinski definition) is 2. The van der Waals surface area contributed by atoms with Crippen LogP contribution in [0.1, 0.15) is 41.0 Å². The molecule has 1 rings (SSSR count). The van der Waals surface area contributed by atoms with Crippen LogP contribution in [0.3, 0.4) is 0 Å². The van der Waals surface area contributed by atoms with E-state index in [-0.39, 0.29) is 0 Å². The minimum absolute atomic E-state index is 0.651. The monoisotopic (exact) mass is 198 g/mol. The van der Waals surface area contributed by atoms with Crippen LogP contribution in [0.4, 0.5) is 0 Å². The number of hydrogen-bond donors (Lipinski definition) is 1. The molecule has 0 saturated carbocycles. The quantitative estimate of drug-likeness (QED) is 0.747. The van der Waals surface area contributed by atoms with Crippen LogP contribution in [0.2, 0.25) is 0 Å². The van der Waals surface area contributed by atoms with Gasteiger partial charge in [-0.1, -0.05) is 20.3 Å². The van der Waals surface area contributed by atoms with Crippen molar-refractivity contribution in [3.05, 3.63) is 0 Å². The van der Waals surface area contributed by atoms with Crippen molar-refractivity contribution in [2.24, 2.45) is 5.92 Å². The van der Waals surface area contributed by atoms with Gasteiger partial charge in [0.25, 0.3) is 0 Å². The van der Waals surface area contributed by atoms with Crippen LogP contribution in [0.15, 0.2) is 0 Å². The lowest BCUT2D eigenvalue weighted by atomic mass is 9.96. The summed E-state index contributed by atoms with van der Waals surface area (Å²) in [6.07, 6.45) is 1.28. The first kappa shape index (κ1) is 12.0. The van der Waals surface area contributed by atoms with Crippen LogP contribution in [-0.4, -0.2) is 36.1 Å². The molecule has 1 saturated heterocycles. The topological polar surface area (TPSA) is 15.3 Å². The number of nitrogens with zero attached hydrogens (tertiary/aromatic N) is 1. The van der Waals surface area contributed by atoms with E-state index in [0.29, 0.717) is 12.1 Å². The smallest absolute Gasteiger partial charge is 0.0196 e. The highest BCUT2D eigenvalue weighted by Crippen LogP contribution is 2.19. The van der Waals surface area contributed by atoms with Gasteiger partial charge in [-0.2, -0.15) is 0 Å². The van der Waals surface area contributed by atoms with Gasteiger partial charge in [-0.25, -0.2) is 0 Å². The van der Waals surface area contributed by atoms with Gasteiger partial charge < -0.3 is 5.32 Å². The molecule has 1 N–H and O–H groups in total. The summed E-state index contributed by atoms with van der Waals surface area (Å²) in [6.45, 7) is 14.0. The lowest BCUT2D eigenvalue weighted by Gasteiger charge is -2.43. The highest BCUT2D eigenvalue weighted by molar-refractivity contribution is 4.86. The van der Waals surface area contributed by atoms with E-state index >= 15 is 0 Å². The molecule has 2 nitrogen and oxygen atoms in total. The van der Waals surface area contributed by atoms with Crippen LogP contribution >= 0.6 is 0 Å². The number of piperazine rings is 1. The average molecular weight is 198 g/mol. The van der Waals surface area contributed by atoms with Crippen molar-refractivity contribution in [2.45, 2.75) is 59.2 Å². The van der Waals surface area contributed by atoms with E-state index in [4.69, 9.17) is 0 Å². The van der Waals surface area contributed by atoms with Crippen molar-refractivity contribution in [3.8, 4) is 0 Å². The first-order valence-electron chi connectivity index (χ1n) is 6.05. The van der Waals surface area contributed by atoms with E-state index in [1.165, 1.54) is 13.0 Å². The fraction of sp³-hybridized carbons (Fsp3) is 1.00. The van der Waals surface area contributed by atoms with Gasteiger partial charge in [0.15, 0.2) is 0 Å². The Morgan fingerprint density at radius 1 is 1.36 bits per heavy atom. The maximum atomic E-state index is 3.53. The summed E-state index contributed by atoms with van der Waals surface area (Å²) in [5.74, 6) is 0.808. The second-order valence-electron chi connectivity index (χ2n) is 4.98. The van der Waals surface area contributed by atoms with Crippen molar-refractivity contribution in [1.82, 2.24) is 10.2 Å². The van der Waals surface area contributed by atoms with Crippen molar-refractivity contribution in [2.75, 3.05) is 13.1 Å². The third-order valence-electron chi connectivity index (χ3n) is 3.80. The minimum Gasteiger partial charge on any atom is -0.311 e. The Kier molecular flexibility index (Phi) is 4.39. The van der Waals surface area contributed by atoms with Crippen molar-refractivity contribution in [3.63, 3.8) is 0 Å². The molecule has 0 aromatic heterocycles. The number of nitrogens with one attached hydrogen (secondary N) is 1. The Morgan fingerprint density at radius 2 is 2.00 bits per heavy atom. The molecule has 0 amide bonds. The lowest BCUT2D eigenvalue weighted by Crippen LogP contribution is -2.58. The van der Waals surface area contributed by atoms with E-state index < -0.39 is 0 Å². The van der Waals surface area contributed by atoms with Gasteiger partial charge >= 0.3 is 0 Å². The third kappa shape index (κ3) is 2.71. The molecule has 4 unspecified atom stereocenters. The van der Waals surface area contributed by atoms with Crippen LogP contribution in [0.5, 0.6) is 0 Å². The van der Waals surface area contributed by atoms with Gasteiger partial charge in [-0.15, -0.1) is 0 Å². The molecule has 14 heavy (non-hydrogen) atoms. The Bertz CT molecular complexity index is 170. The summed E-state index contributed by atoms with van der Waals surface area (Å²) in [5, 5.41) is 3.53. The summed E-state index contributed by atoms with van der Waals surface area (Å²) < 4.78 is 0. The van der Waals surface area contributed by atoms with Gasteiger partial charge in [0.2, 0.25) is 0 Å². The summed E-state index contributed by atoms with van der Waals surface area (Å²) >= 11 is 0. The highest BCUT2D eigenvalue weighted by Gasteiger charge is 2.28. The van der Waals surface area contributed by atoms with Crippen molar-refractivity contribution in [1.29, 1.82) is 0 Å². The highest BCUT2D eigenvalue weighted by atomic mass is 15.2. The van der Waals surface area contributed by atoms with E-state index in [1.54, 1.807) is 0 Å². The molecular weight excluding hydrogens is 172 g/mol. The summed E-state index contributed by atoms with van der Waals surface area (Å²) in [7, 11) is 0. The van der Waals surface area contributed by atoms with Crippen molar-refractivity contribution >= 4 is 0 Å². The molecule has 1 heterocycles. The maximum absolute atomic E-state index is 3.53. The molecule has 2 heteroatoms. The molecule has 0 aromatic rings. The molecule has 0 spiro atoms. The van der Waals surface area contributed by atoms with Gasteiger partial charge in [0, 0.05) is 31.2 Å². The van der Waals surface area contributed by atoms with Crippen LogP contribution in [0.25, 0.3) is 0 Å². The molecule has 0 aromatic carbocycles. The van der Waals surface area contributed by atoms with Gasteiger partial charge in [0.05, 0.1) is 0 Å². The Morgan fingerprint density at radius 3 is 2.57 bits per heavy atom. The maximum Gasteiger partial charge on any atom is 0.0196 e. The second-order valence-corrected chi connectivity index (χ2v) is 4.98.